The van der Waals surface area contributed by atoms with E-state index < -0.39 is 0 Å². The largest absolute Gasteiger partial charge is 0.490 e. The van der Waals surface area contributed by atoms with Gasteiger partial charge in [-0.3, -0.25) is 4.79 Å². The molecule has 1 saturated heterocycles. The first-order valence-electron chi connectivity index (χ1n) is 9.19. The van der Waals surface area contributed by atoms with Gasteiger partial charge in [-0.05, 0) is 61.9 Å². The molecule has 5 nitrogen and oxygen atoms in total. The summed E-state index contributed by atoms with van der Waals surface area (Å²) < 4.78 is 12.4. The van der Waals surface area contributed by atoms with Crippen molar-refractivity contribution in [3.8, 4) is 5.75 Å². The number of hydrogen-bond donors (Lipinski definition) is 2. The Morgan fingerprint density at radius 1 is 1.15 bits per heavy atom. The van der Waals surface area contributed by atoms with E-state index >= 15 is 0 Å². The maximum absolute atomic E-state index is 12.4. The SMILES string of the molecule is Cc1cc(NC(C)C(=O)Nc2ccc(Br)cc2)ccc1OC1CCOCC1. The summed E-state index contributed by atoms with van der Waals surface area (Å²) in [4.78, 5) is 12.4. The van der Waals surface area contributed by atoms with Crippen molar-refractivity contribution in [3.05, 3.63) is 52.5 Å². The molecule has 0 bridgehead atoms. The van der Waals surface area contributed by atoms with E-state index in [2.05, 4.69) is 26.6 Å². The summed E-state index contributed by atoms with van der Waals surface area (Å²) >= 11 is 3.39. The van der Waals surface area contributed by atoms with Gasteiger partial charge >= 0.3 is 0 Å². The van der Waals surface area contributed by atoms with Gasteiger partial charge in [0.25, 0.3) is 0 Å². The molecule has 1 unspecified atom stereocenters. The fourth-order valence-corrected chi connectivity index (χ4v) is 3.21. The van der Waals surface area contributed by atoms with Crippen molar-refractivity contribution in [2.24, 2.45) is 0 Å². The van der Waals surface area contributed by atoms with Gasteiger partial charge in [0.15, 0.2) is 0 Å². The number of benzene rings is 2. The maximum atomic E-state index is 12.4. The summed E-state index contributed by atoms with van der Waals surface area (Å²) in [6, 6.07) is 13.1. The number of anilines is 2. The Morgan fingerprint density at radius 3 is 2.48 bits per heavy atom. The highest BCUT2D eigenvalue weighted by atomic mass is 79.9. The highest BCUT2D eigenvalue weighted by Crippen LogP contribution is 2.25. The van der Waals surface area contributed by atoms with Gasteiger partial charge in [-0.15, -0.1) is 0 Å². The summed E-state index contributed by atoms with van der Waals surface area (Å²) in [7, 11) is 0. The van der Waals surface area contributed by atoms with Crippen LogP contribution >= 0.6 is 15.9 Å². The lowest BCUT2D eigenvalue weighted by Gasteiger charge is -2.24. The predicted molar refractivity (Wildman–Crippen MR) is 112 cm³/mol. The lowest BCUT2D eigenvalue weighted by Crippen LogP contribution is -2.31. The molecule has 2 N–H and O–H groups in total. The quantitative estimate of drug-likeness (QED) is 0.690. The second-order valence-electron chi connectivity index (χ2n) is 6.77. The molecule has 1 heterocycles. The molecule has 0 aliphatic carbocycles. The summed E-state index contributed by atoms with van der Waals surface area (Å²) in [5.41, 5.74) is 2.71. The van der Waals surface area contributed by atoms with Gasteiger partial charge < -0.3 is 20.1 Å². The van der Waals surface area contributed by atoms with Crippen molar-refractivity contribution in [1.82, 2.24) is 0 Å². The number of amides is 1. The highest BCUT2D eigenvalue weighted by molar-refractivity contribution is 9.10. The molecule has 0 spiro atoms. The van der Waals surface area contributed by atoms with Crippen LogP contribution in [0, 0.1) is 6.92 Å². The van der Waals surface area contributed by atoms with Crippen molar-refractivity contribution in [3.63, 3.8) is 0 Å². The van der Waals surface area contributed by atoms with Crippen LogP contribution in [0.4, 0.5) is 11.4 Å². The van der Waals surface area contributed by atoms with E-state index in [4.69, 9.17) is 9.47 Å². The molecule has 1 aliphatic heterocycles. The molecule has 0 aromatic heterocycles. The molecule has 2 aromatic carbocycles. The van der Waals surface area contributed by atoms with Crippen LogP contribution in [0.2, 0.25) is 0 Å². The molecule has 1 fully saturated rings. The number of aryl methyl sites for hydroxylation is 1. The van der Waals surface area contributed by atoms with Gasteiger partial charge in [-0.25, -0.2) is 0 Å². The average Bonchev–Trinajstić information content (AvgIpc) is 2.66. The summed E-state index contributed by atoms with van der Waals surface area (Å²) in [6.45, 7) is 5.38. The first-order valence-corrected chi connectivity index (χ1v) is 9.98. The van der Waals surface area contributed by atoms with E-state index in [-0.39, 0.29) is 18.1 Å². The minimum absolute atomic E-state index is 0.0856. The molecule has 0 saturated carbocycles. The zero-order chi connectivity index (χ0) is 19.2. The molecular formula is C21H25BrN2O3. The van der Waals surface area contributed by atoms with Crippen molar-refractivity contribution < 1.29 is 14.3 Å². The summed E-state index contributed by atoms with van der Waals surface area (Å²) in [5.74, 6) is 0.803. The third-order valence-electron chi connectivity index (χ3n) is 4.53. The number of carbonyl (C=O) groups is 1. The molecule has 2 aromatic rings. The third-order valence-corrected chi connectivity index (χ3v) is 5.05. The Balaban J connectivity index is 1.56. The predicted octanol–water partition coefficient (Wildman–Crippen LogP) is 4.75. The zero-order valence-corrected chi connectivity index (χ0v) is 17.2. The number of hydrogen-bond acceptors (Lipinski definition) is 4. The molecule has 144 valence electrons. The minimum Gasteiger partial charge on any atom is -0.490 e. The van der Waals surface area contributed by atoms with E-state index in [1.165, 1.54) is 0 Å². The van der Waals surface area contributed by atoms with Crippen LogP contribution in [0.25, 0.3) is 0 Å². The van der Waals surface area contributed by atoms with Crippen molar-refractivity contribution in [2.45, 2.75) is 38.8 Å². The lowest BCUT2D eigenvalue weighted by molar-refractivity contribution is -0.116. The van der Waals surface area contributed by atoms with E-state index in [1.807, 2.05) is 56.3 Å². The third kappa shape index (κ3) is 5.71. The van der Waals surface area contributed by atoms with Gasteiger partial charge in [0.05, 0.1) is 13.2 Å². The lowest BCUT2D eigenvalue weighted by atomic mass is 10.1. The first kappa shape index (κ1) is 19.7. The average molecular weight is 433 g/mol. The van der Waals surface area contributed by atoms with E-state index in [1.54, 1.807) is 0 Å². The van der Waals surface area contributed by atoms with Crippen molar-refractivity contribution in [2.75, 3.05) is 23.8 Å². The minimum atomic E-state index is -0.365. The number of rotatable bonds is 6. The first-order chi connectivity index (χ1) is 13.0. The Bertz CT molecular complexity index is 773. The summed E-state index contributed by atoms with van der Waals surface area (Å²) in [6.07, 6.45) is 2.06. The monoisotopic (exact) mass is 432 g/mol. The fourth-order valence-electron chi connectivity index (χ4n) is 2.94. The van der Waals surface area contributed by atoms with E-state index in [9.17, 15) is 4.79 Å². The van der Waals surface area contributed by atoms with Crippen LogP contribution in [0.3, 0.4) is 0 Å². The van der Waals surface area contributed by atoms with Gasteiger partial charge in [0.2, 0.25) is 5.91 Å². The molecular weight excluding hydrogens is 408 g/mol. The van der Waals surface area contributed by atoms with Crippen LogP contribution < -0.4 is 15.4 Å². The molecule has 1 atom stereocenters. The number of nitrogens with one attached hydrogen (secondary N) is 2. The van der Waals surface area contributed by atoms with E-state index in [0.29, 0.717) is 0 Å². The van der Waals surface area contributed by atoms with Gasteiger partial charge in [0, 0.05) is 28.7 Å². The van der Waals surface area contributed by atoms with Crippen LogP contribution in [0.5, 0.6) is 5.75 Å². The Morgan fingerprint density at radius 2 is 1.81 bits per heavy atom. The Kier molecular flexibility index (Phi) is 6.74. The maximum Gasteiger partial charge on any atom is 0.246 e. The standard InChI is InChI=1S/C21H25BrN2O3/c1-14-13-18(7-8-20(14)27-19-9-11-26-12-10-19)23-15(2)21(25)24-17-5-3-16(22)4-6-17/h3-8,13,15,19,23H,9-12H2,1-2H3,(H,24,25). The number of ether oxygens (including phenoxy) is 2. The highest BCUT2D eigenvalue weighted by Gasteiger charge is 2.17. The van der Waals surface area contributed by atoms with Gasteiger partial charge in [0.1, 0.15) is 17.9 Å². The van der Waals surface area contributed by atoms with E-state index in [0.717, 1.165) is 53.2 Å². The molecule has 0 radical (unpaired) electrons. The Labute approximate surface area is 168 Å². The van der Waals surface area contributed by atoms with Crippen LogP contribution in [-0.2, 0) is 9.53 Å². The molecule has 1 aliphatic rings. The van der Waals surface area contributed by atoms with Crippen molar-refractivity contribution in [1.29, 1.82) is 0 Å². The fraction of sp³-hybridized carbons (Fsp3) is 0.381. The van der Waals surface area contributed by atoms with Crippen LogP contribution in [-0.4, -0.2) is 31.3 Å². The van der Waals surface area contributed by atoms with Crippen LogP contribution in [0.15, 0.2) is 46.9 Å². The zero-order valence-electron chi connectivity index (χ0n) is 15.6. The topological polar surface area (TPSA) is 59.6 Å². The molecule has 27 heavy (non-hydrogen) atoms. The van der Waals surface area contributed by atoms with Crippen molar-refractivity contribution >= 4 is 33.2 Å². The summed E-state index contributed by atoms with van der Waals surface area (Å²) in [5, 5.41) is 6.16. The van der Waals surface area contributed by atoms with Gasteiger partial charge in [-0.1, -0.05) is 15.9 Å². The normalized spacial score (nSPS) is 15.8. The number of halogens is 1. The smallest absolute Gasteiger partial charge is 0.246 e. The second kappa shape index (κ2) is 9.24. The molecule has 3 rings (SSSR count). The molecule has 1 amide bonds. The molecule has 6 heteroatoms. The van der Waals surface area contributed by atoms with Gasteiger partial charge in [-0.2, -0.15) is 0 Å². The number of carbonyl (C=O) groups excluding carboxylic acids is 1. The van der Waals surface area contributed by atoms with Crippen LogP contribution in [0.1, 0.15) is 25.3 Å². The second-order valence-corrected chi connectivity index (χ2v) is 7.69. The Hall–Kier alpha value is -2.05.